The highest BCUT2D eigenvalue weighted by molar-refractivity contribution is 5.66. The number of esters is 2. The number of methoxy groups -OCH3 is 1. The average molecular weight is 776 g/mol. The first-order valence-corrected chi connectivity index (χ1v) is 18.3. The van der Waals surface area contributed by atoms with Crippen LogP contribution >= 0.6 is 0 Å². The number of aliphatic hydroxyl groups is 1. The maximum atomic E-state index is 12.6. The minimum absolute atomic E-state index is 0.0792. The van der Waals surface area contributed by atoms with Crippen LogP contribution in [0.25, 0.3) is 5.69 Å². The van der Waals surface area contributed by atoms with Crippen molar-refractivity contribution in [1.29, 1.82) is 0 Å². The Morgan fingerprint density at radius 2 is 1.50 bits per heavy atom. The van der Waals surface area contributed by atoms with Crippen LogP contribution in [0.3, 0.4) is 0 Å². The summed E-state index contributed by atoms with van der Waals surface area (Å²) in [6, 6.07) is 28.2. The largest absolute Gasteiger partial charge is 0.463 e. The molecule has 16 nitrogen and oxygen atoms in total. The molecular formula is C40H45N3O13. The maximum Gasteiger partial charge on any atom is 0.303 e. The maximum absolute atomic E-state index is 12.6. The Kier molecular flexibility index (Phi) is 13.1. The van der Waals surface area contributed by atoms with Gasteiger partial charge in [-0.3, -0.25) is 9.59 Å². The van der Waals surface area contributed by atoms with Crippen LogP contribution in [0.5, 0.6) is 0 Å². The Labute approximate surface area is 323 Å². The van der Waals surface area contributed by atoms with Crippen molar-refractivity contribution < 1.29 is 62.1 Å². The van der Waals surface area contributed by atoms with Crippen LogP contribution in [-0.2, 0) is 70.2 Å². The van der Waals surface area contributed by atoms with Crippen LogP contribution in [0.4, 0.5) is 0 Å². The second-order valence-electron chi connectivity index (χ2n) is 13.5. The molecule has 3 saturated heterocycles. The number of carbonyl (C=O) groups is 2. The monoisotopic (exact) mass is 775 g/mol. The first kappa shape index (κ1) is 39.6. The van der Waals surface area contributed by atoms with Gasteiger partial charge in [-0.2, -0.15) is 0 Å². The number of hydrogen-bond donors (Lipinski definition) is 1. The second-order valence-corrected chi connectivity index (χ2v) is 13.5. The summed E-state index contributed by atoms with van der Waals surface area (Å²) in [6.07, 6.45) is -10.1. The molecule has 16 heteroatoms. The van der Waals surface area contributed by atoms with Crippen LogP contribution in [-0.4, -0.2) is 114 Å². The first-order valence-electron chi connectivity index (χ1n) is 18.3. The SMILES string of the molecule is CO[C@H]1O[C@@H]2COC(c3ccccc3)O[C@H]2[C@H](O[C@@H]2O[C@H](COC(C)=O)[C@@H](OC(C)=O)[C@H](OCc3ccccc3)[C@H]2OCc2cn(-c3ccccc3)nn2)[C@H]1O. The molecular weight excluding hydrogens is 730 g/mol. The van der Waals surface area contributed by atoms with E-state index in [2.05, 4.69) is 10.3 Å². The number of rotatable bonds is 14. The molecule has 7 rings (SSSR count). The van der Waals surface area contributed by atoms with E-state index in [1.54, 1.807) is 10.9 Å². The number of aliphatic hydroxyl groups excluding tert-OH is 1. The van der Waals surface area contributed by atoms with E-state index in [0.29, 0.717) is 5.69 Å². The molecule has 1 aromatic heterocycles. The fourth-order valence-corrected chi connectivity index (χ4v) is 6.89. The smallest absolute Gasteiger partial charge is 0.303 e. The van der Waals surface area contributed by atoms with Crippen molar-refractivity contribution in [2.45, 2.75) is 94.8 Å². The van der Waals surface area contributed by atoms with Gasteiger partial charge >= 0.3 is 11.9 Å². The Hall–Kier alpha value is -4.62. The Bertz CT molecular complexity index is 1850. The summed E-state index contributed by atoms with van der Waals surface area (Å²) in [7, 11) is 1.40. The molecule has 56 heavy (non-hydrogen) atoms. The van der Waals surface area contributed by atoms with Crippen LogP contribution < -0.4 is 0 Å². The zero-order chi connectivity index (χ0) is 39.0. The molecule has 0 aliphatic carbocycles. The fraction of sp³-hybridized carbons (Fsp3) is 0.450. The van der Waals surface area contributed by atoms with Crippen LogP contribution in [0.2, 0.25) is 0 Å². The second kappa shape index (κ2) is 18.5. The number of benzene rings is 3. The van der Waals surface area contributed by atoms with E-state index < -0.39 is 79.6 Å². The Morgan fingerprint density at radius 1 is 0.804 bits per heavy atom. The van der Waals surface area contributed by atoms with Gasteiger partial charge in [-0.05, 0) is 17.7 Å². The third-order valence-electron chi connectivity index (χ3n) is 9.52. The summed E-state index contributed by atoms with van der Waals surface area (Å²) in [4.78, 5) is 24.7. The standard InChI is InChI=1S/C40H45N3O13/c1-24(44)48-22-30-34(52-25(2)45)36(49-20-26-13-7-4-8-14-26)37(50-21-28-19-43(42-41-28)29-17-11-6-12-18-29)40(54-30)56-35-32(46)39(47-3)53-31-23-51-38(55-33(31)35)27-15-9-5-10-16-27/h4-19,30-40,46H,20-23H2,1-3H3/t30-,31-,32-,33-,34-,35-,36+,37-,38?,39+,40+/m1/s1. The molecule has 3 fully saturated rings. The molecule has 298 valence electrons. The third kappa shape index (κ3) is 9.49. The number of aromatic nitrogens is 3. The molecule has 1 unspecified atom stereocenters. The lowest BCUT2D eigenvalue weighted by Crippen LogP contribution is -2.67. The lowest BCUT2D eigenvalue weighted by atomic mass is 9.95. The van der Waals surface area contributed by atoms with E-state index >= 15 is 0 Å². The molecule has 4 aromatic rings. The summed E-state index contributed by atoms with van der Waals surface area (Å²) in [5.74, 6) is -1.21. The predicted molar refractivity (Wildman–Crippen MR) is 192 cm³/mol. The number of ether oxygens (including phenoxy) is 10. The highest BCUT2D eigenvalue weighted by atomic mass is 16.8. The van der Waals surface area contributed by atoms with Crippen molar-refractivity contribution in [3.8, 4) is 5.69 Å². The lowest BCUT2D eigenvalue weighted by Gasteiger charge is -2.50. The minimum atomic E-state index is -1.38. The molecule has 3 aliphatic rings. The van der Waals surface area contributed by atoms with E-state index in [1.165, 1.54) is 21.0 Å². The number of carbonyl (C=O) groups excluding carboxylic acids is 2. The quantitative estimate of drug-likeness (QED) is 0.185. The molecule has 3 aromatic carbocycles. The summed E-state index contributed by atoms with van der Waals surface area (Å²) >= 11 is 0. The van der Waals surface area contributed by atoms with Crippen molar-refractivity contribution in [2.24, 2.45) is 0 Å². The predicted octanol–water partition coefficient (Wildman–Crippen LogP) is 3.19. The van der Waals surface area contributed by atoms with Gasteiger partial charge in [0.2, 0.25) is 0 Å². The van der Waals surface area contributed by atoms with Crippen molar-refractivity contribution in [2.75, 3.05) is 20.3 Å². The molecule has 0 radical (unpaired) electrons. The van der Waals surface area contributed by atoms with Gasteiger partial charge < -0.3 is 52.5 Å². The van der Waals surface area contributed by atoms with Gasteiger partial charge in [-0.25, -0.2) is 4.68 Å². The fourth-order valence-electron chi connectivity index (χ4n) is 6.89. The highest BCUT2D eigenvalue weighted by Gasteiger charge is 2.56. The van der Waals surface area contributed by atoms with E-state index in [4.69, 9.17) is 47.4 Å². The molecule has 0 bridgehead atoms. The number of hydrogen-bond acceptors (Lipinski definition) is 15. The Morgan fingerprint density at radius 3 is 2.20 bits per heavy atom. The van der Waals surface area contributed by atoms with Gasteiger partial charge in [0.1, 0.15) is 55.0 Å². The molecule has 3 aliphatic heterocycles. The molecule has 0 spiro atoms. The van der Waals surface area contributed by atoms with Gasteiger partial charge in [0.05, 0.1) is 31.7 Å². The number of fused-ring (bicyclic) bond motifs is 1. The lowest BCUT2D eigenvalue weighted by molar-refractivity contribution is -0.394. The van der Waals surface area contributed by atoms with Gasteiger partial charge in [0, 0.05) is 26.5 Å². The average Bonchev–Trinajstić information content (AvgIpc) is 3.70. The third-order valence-corrected chi connectivity index (χ3v) is 9.52. The van der Waals surface area contributed by atoms with Gasteiger partial charge in [0.25, 0.3) is 0 Å². The topological polar surface area (TPSA) is 177 Å². The van der Waals surface area contributed by atoms with Crippen LogP contribution in [0.1, 0.15) is 37.0 Å². The number of para-hydroxylation sites is 1. The van der Waals surface area contributed by atoms with Gasteiger partial charge in [0.15, 0.2) is 25.0 Å². The Balaban J connectivity index is 1.23. The van der Waals surface area contributed by atoms with Crippen molar-refractivity contribution in [3.05, 3.63) is 114 Å². The van der Waals surface area contributed by atoms with Crippen molar-refractivity contribution in [3.63, 3.8) is 0 Å². The van der Waals surface area contributed by atoms with Crippen LogP contribution in [0, 0.1) is 0 Å². The van der Waals surface area contributed by atoms with Gasteiger partial charge in [-0.1, -0.05) is 84.1 Å². The van der Waals surface area contributed by atoms with Gasteiger partial charge in [-0.15, -0.1) is 5.10 Å². The van der Waals surface area contributed by atoms with E-state index in [1.807, 2.05) is 91.0 Å². The molecule has 11 atom stereocenters. The summed E-state index contributed by atoms with van der Waals surface area (Å²) in [5, 5.41) is 20.3. The molecule has 4 heterocycles. The molecule has 0 amide bonds. The molecule has 0 saturated carbocycles. The van der Waals surface area contributed by atoms with Crippen LogP contribution in [0.15, 0.2) is 97.2 Å². The summed E-state index contributed by atoms with van der Waals surface area (Å²) < 4.78 is 63.3. The zero-order valence-electron chi connectivity index (χ0n) is 31.1. The van der Waals surface area contributed by atoms with E-state index in [0.717, 1.165) is 16.8 Å². The van der Waals surface area contributed by atoms with E-state index in [-0.39, 0.29) is 26.4 Å². The minimum Gasteiger partial charge on any atom is -0.463 e. The van der Waals surface area contributed by atoms with E-state index in [9.17, 15) is 14.7 Å². The first-order chi connectivity index (χ1) is 27.3. The number of nitrogens with zero attached hydrogens (tertiary/aromatic N) is 3. The highest BCUT2D eigenvalue weighted by Crippen LogP contribution is 2.38. The van der Waals surface area contributed by atoms with Crippen molar-refractivity contribution >= 4 is 11.9 Å². The molecule has 1 N–H and O–H groups in total. The summed E-state index contributed by atoms with van der Waals surface area (Å²) in [6.45, 7) is 2.27. The zero-order valence-corrected chi connectivity index (χ0v) is 31.1. The normalized spacial score (nSPS) is 30.2. The summed E-state index contributed by atoms with van der Waals surface area (Å²) in [5.41, 5.74) is 2.84. The van der Waals surface area contributed by atoms with Crippen molar-refractivity contribution in [1.82, 2.24) is 15.0 Å².